The lowest BCUT2D eigenvalue weighted by molar-refractivity contribution is 0.626. The molecule has 0 unspecified atom stereocenters. The molecule has 19 heavy (non-hydrogen) atoms. The Kier molecular flexibility index (Phi) is 3.20. The van der Waals surface area contributed by atoms with Gasteiger partial charge in [0.05, 0.1) is 16.9 Å². The van der Waals surface area contributed by atoms with Crippen LogP contribution < -0.4 is 11.1 Å². The number of thiazole rings is 1. The molecule has 3 nitrogen and oxygen atoms in total. The van der Waals surface area contributed by atoms with E-state index in [1.54, 1.807) is 23.5 Å². The molecule has 1 heterocycles. The molecule has 98 valence electrons. The van der Waals surface area contributed by atoms with Crippen LogP contribution >= 0.6 is 23.6 Å². The van der Waals surface area contributed by atoms with Crippen LogP contribution in [0.3, 0.4) is 0 Å². The van der Waals surface area contributed by atoms with Crippen molar-refractivity contribution in [3.05, 3.63) is 40.2 Å². The molecule has 2 aromatic rings. The van der Waals surface area contributed by atoms with Crippen LogP contribution in [-0.2, 0) is 12.8 Å². The third kappa shape index (κ3) is 2.33. The Morgan fingerprint density at radius 2 is 2.26 bits per heavy atom. The predicted octanol–water partition coefficient (Wildman–Crippen LogP) is 3.15. The van der Waals surface area contributed by atoms with E-state index in [0.717, 1.165) is 23.7 Å². The second-order valence-corrected chi connectivity index (χ2v) is 5.92. The fraction of sp³-hybridized carbons (Fsp3) is 0.231. The lowest BCUT2D eigenvalue weighted by Gasteiger charge is -2.09. The molecule has 3 N–H and O–H groups in total. The van der Waals surface area contributed by atoms with Gasteiger partial charge in [0.15, 0.2) is 5.13 Å². The summed E-state index contributed by atoms with van der Waals surface area (Å²) in [6.07, 6.45) is 3.28. The van der Waals surface area contributed by atoms with Crippen molar-refractivity contribution in [1.82, 2.24) is 4.98 Å². The zero-order valence-electron chi connectivity index (χ0n) is 10.1. The van der Waals surface area contributed by atoms with Crippen LogP contribution in [0.25, 0.3) is 0 Å². The molecule has 0 atom stereocenters. The van der Waals surface area contributed by atoms with Crippen LogP contribution in [0.15, 0.2) is 18.2 Å². The van der Waals surface area contributed by atoms with Gasteiger partial charge in [-0.1, -0.05) is 18.3 Å². The van der Waals surface area contributed by atoms with Crippen LogP contribution in [0.1, 0.15) is 22.6 Å². The van der Waals surface area contributed by atoms with Crippen LogP contribution in [0.2, 0.25) is 0 Å². The lowest BCUT2D eigenvalue weighted by atomic mass is 10.1. The van der Waals surface area contributed by atoms with E-state index in [1.165, 1.54) is 17.4 Å². The molecule has 1 aliphatic rings. The van der Waals surface area contributed by atoms with Crippen LogP contribution in [-0.4, -0.2) is 9.97 Å². The number of aromatic nitrogens is 1. The monoisotopic (exact) mass is 293 g/mol. The van der Waals surface area contributed by atoms with Crippen molar-refractivity contribution in [3.63, 3.8) is 0 Å². The van der Waals surface area contributed by atoms with Crippen molar-refractivity contribution in [2.24, 2.45) is 5.73 Å². The number of nitrogens with one attached hydrogen (secondary N) is 1. The van der Waals surface area contributed by atoms with Gasteiger partial charge >= 0.3 is 0 Å². The second kappa shape index (κ2) is 4.86. The number of nitrogens with two attached hydrogens (primary N) is 1. The number of hydrogen-bond donors (Lipinski definition) is 2. The van der Waals surface area contributed by atoms with Gasteiger partial charge in [-0.15, -0.1) is 11.3 Å². The molecule has 0 bridgehead atoms. The number of benzene rings is 1. The first-order valence-corrected chi connectivity index (χ1v) is 7.21. The largest absolute Gasteiger partial charge is 0.389 e. The molecule has 1 aliphatic carbocycles. The minimum atomic E-state index is -0.415. The SMILES string of the molecule is NC(=S)c1c(F)cccc1Nc1nc2c(s1)CCC2. The van der Waals surface area contributed by atoms with Gasteiger partial charge < -0.3 is 11.1 Å². The average Bonchev–Trinajstić information content (AvgIpc) is 2.88. The zero-order chi connectivity index (χ0) is 13.4. The number of aryl methyl sites for hydroxylation is 2. The molecule has 3 rings (SSSR count). The quantitative estimate of drug-likeness (QED) is 0.854. The number of thiocarbonyl (C=S) groups is 1. The summed E-state index contributed by atoms with van der Waals surface area (Å²) < 4.78 is 13.7. The van der Waals surface area contributed by atoms with E-state index in [2.05, 4.69) is 10.3 Å². The normalized spacial score (nSPS) is 13.3. The minimum absolute atomic E-state index is 0.0460. The Morgan fingerprint density at radius 1 is 1.42 bits per heavy atom. The highest BCUT2D eigenvalue weighted by atomic mass is 32.1. The third-order valence-electron chi connectivity index (χ3n) is 3.10. The smallest absolute Gasteiger partial charge is 0.187 e. The van der Waals surface area contributed by atoms with Crippen molar-refractivity contribution < 1.29 is 4.39 Å². The van der Waals surface area contributed by atoms with Gasteiger partial charge in [-0.3, -0.25) is 0 Å². The number of hydrogen-bond acceptors (Lipinski definition) is 4. The maximum Gasteiger partial charge on any atom is 0.187 e. The number of nitrogens with zero attached hydrogens (tertiary/aromatic N) is 1. The van der Waals surface area contributed by atoms with Crippen LogP contribution in [0, 0.1) is 5.82 Å². The summed E-state index contributed by atoms with van der Waals surface area (Å²) in [4.78, 5) is 5.88. The van der Waals surface area contributed by atoms with Gasteiger partial charge in [0.25, 0.3) is 0 Å². The summed E-state index contributed by atoms with van der Waals surface area (Å²) in [5.74, 6) is -0.415. The summed E-state index contributed by atoms with van der Waals surface area (Å²) in [7, 11) is 0. The van der Waals surface area contributed by atoms with E-state index in [-0.39, 0.29) is 10.6 Å². The maximum absolute atomic E-state index is 13.7. The topological polar surface area (TPSA) is 50.9 Å². The van der Waals surface area contributed by atoms with Gasteiger partial charge in [-0.05, 0) is 31.4 Å². The first kappa shape index (κ1) is 12.5. The first-order chi connectivity index (χ1) is 9.15. The Labute approximate surface area is 119 Å². The minimum Gasteiger partial charge on any atom is -0.389 e. The van der Waals surface area contributed by atoms with Crippen molar-refractivity contribution in [2.45, 2.75) is 19.3 Å². The van der Waals surface area contributed by atoms with Gasteiger partial charge in [0.2, 0.25) is 0 Å². The molecule has 0 saturated carbocycles. The molecule has 0 amide bonds. The van der Waals surface area contributed by atoms with Crippen LogP contribution in [0.4, 0.5) is 15.2 Å². The lowest BCUT2D eigenvalue weighted by Crippen LogP contribution is -2.14. The number of fused-ring (bicyclic) bond motifs is 1. The molecule has 0 spiro atoms. The average molecular weight is 293 g/mol. The highest BCUT2D eigenvalue weighted by molar-refractivity contribution is 7.80. The fourth-order valence-corrected chi connectivity index (χ4v) is 3.51. The molecule has 0 fully saturated rings. The molecule has 0 radical (unpaired) electrons. The number of halogens is 1. The summed E-state index contributed by atoms with van der Waals surface area (Å²) in [6.45, 7) is 0. The Morgan fingerprint density at radius 3 is 3.00 bits per heavy atom. The highest BCUT2D eigenvalue weighted by Gasteiger charge is 2.18. The molecule has 6 heteroatoms. The second-order valence-electron chi connectivity index (χ2n) is 4.39. The number of rotatable bonds is 3. The van der Waals surface area contributed by atoms with Crippen LogP contribution in [0.5, 0.6) is 0 Å². The van der Waals surface area contributed by atoms with E-state index in [9.17, 15) is 4.39 Å². The molecule has 0 saturated heterocycles. The molecule has 0 aliphatic heterocycles. The van der Waals surface area contributed by atoms with Crippen molar-refractivity contribution >= 4 is 39.4 Å². The van der Waals surface area contributed by atoms with Gasteiger partial charge in [0, 0.05) is 4.88 Å². The van der Waals surface area contributed by atoms with Gasteiger partial charge in [-0.2, -0.15) is 0 Å². The summed E-state index contributed by atoms with van der Waals surface area (Å²) >= 11 is 6.51. The van der Waals surface area contributed by atoms with E-state index >= 15 is 0 Å². The first-order valence-electron chi connectivity index (χ1n) is 5.99. The van der Waals surface area contributed by atoms with Gasteiger partial charge in [-0.25, -0.2) is 9.37 Å². The molecule has 1 aromatic carbocycles. The van der Waals surface area contributed by atoms with Crippen molar-refractivity contribution in [1.29, 1.82) is 0 Å². The summed E-state index contributed by atoms with van der Waals surface area (Å²) in [6, 6.07) is 4.73. The summed E-state index contributed by atoms with van der Waals surface area (Å²) in [5.41, 5.74) is 7.54. The summed E-state index contributed by atoms with van der Waals surface area (Å²) in [5, 5.41) is 3.90. The third-order valence-corrected chi connectivity index (χ3v) is 4.37. The van der Waals surface area contributed by atoms with Crippen molar-refractivity contribution in [2.75, 3.05) is 5.32 Å². The van der Waals surface area contributed by atoms with Gasteiger partial charge in [0.1, 0.15) is 10.8 Å². The maximum atomic E-state index is 13.7. The molecular weight excluding hydrogens is 281 g/mol. The highest BCUT2D eigenvalue weighted by Crippen LogP contribution is 2.33. The number of anilines is 2. The Balaban J connectivity index is 1.94. The molecule has 1 aromatic heterocycles. The van der Waals surface area contributed by atoms with E-state index in [1.807, 2.05) is 0 Å². The Hall–Kier alpha value is -1.53. The van der Waals surface area contributed by atoms with E-state index in [4.69, 9.17) is 18.0 Å². The van der Waals surface area contributed by atoms with E-state index < -0.39 is 5.82 Å². The van der Waals surface area contributed by atoms with Crippen molar-refractivity contribution in [3.8, 4) is 0 Å². The zero-order valence-corrected chi connectivity index (χ0v) is 11.7. The Bertz CT molecular complexity index is 630. The predicted molar refractivity (Wildman–Crippen MR) is 79.7 cm³/mol. The van der Waals surface area contributed by atoms with E-state index in [0.29, 0.717) is 5.69 Å². The fourth-order valence-electron chi connectivity index (χ4n) is 2.24. The standard InChI is InChI=1S/C13H12FN3S2/c14-7-3-1-5-9(11(7)12(15)18)17-13-16-8-4-2-6-10(8)19-13/h1,3,5H,2,4,6H2,(H2,15,18)(H,16,17). The molecular formula is C13H12FN3S2.